The maximum absolute atomic E-state index is 6.37. The zero-order chi connectivity index (χ0) is 16.7. The minimum atomic E-state index is 0.0306. The van der Waals surface area contributed by atoms with Gasteiger partial charge in [-0.1, -0.05) is 54.4 Å². The van der Waals surface area contributed by atoms with E-state index in [0.717, 1.165) is 18.4 Å². The third kappa shape index (κ3) is 5.99. The van der Waals surface area contributed by atoms with Gasteiger partial charge in [-0.05, 0) is 36.3 Å². The lowest BCUT2D eigenvalue weighted by molar-refractivity contribution is 0.313. The van der Waals surface area contributed by atoms with Crippen molar-refractivity contribution in [2.45, 2.75) is 31.6 Å². The van der Waals surface area contributed by atoms with E-state index in [-0.39, 0.29) is 5.25 Å². The first-order valence-corrected chi connectivity index (χ1v) is 9.38. The molecule has 0 spiro atoms. The zero-order valence-electron chi connectivity index (χ0n) is 12.7. The first-order chi connectivity index (χ1) is 11.1. The highest BCUT2D eigenvalue weighted by molar-refractivity contribution is 8.22. The van der Waals surface area contributed by atoms with E-state index < -0.39 is 0 Å². The molecule has 23 heavy (non-hydrogen) atoms. The summed E-state index contributed by atoms with van der Waals surface area (Å²) in [5.74, 6) is 0. The number of ether oxygens (including phenoxy) is 1. The van der Waals surface area contributed by atoms with Crippen molar-refractivity contribution in [2.75, 3.05) is 6.61 Å². The van der Waals surface area contributed by atoms with Crippen molar-refractivity contribution < 1.29 is 4.74 Å². The molecule has 0 aliphatic rings. The molecule has 2 aromatic rings. The van der Waals surface area contributed by atoms with Crippen LogP contribution in [0.5, 0.6) is 0 Å². The van der Waals surface area contributed by atoms with Gasteiger partial charge in [0.1, 0.15) is 0 Å². The van der Waals surface area contributed by atoms with Gasteiger partial charge in [-0.3, -0.25) is 0 Å². The Hall–Kier alpha value is -0.750. The molecule has 1 atom stereocenters. The zero-order valence-corrected chi connectivity index (χ0v) is 15.9. The fraction of sp³-hybridized carbons (Fsp3) is 0.375. The van der Waals surface area contributed by atoms with Crippen molar-refractivity contribution in [3.8, 4) is 0 Å². The Morgan fingerprint density at radius 1 is 1.43 bits per heavy atom. The summed E-state index contributed by atoms with van der Waals surface area (Å²) < 4.78 is 8.15. The quantitative estimate of drug-likeness (QED) is 0.444. The molecule has 0 amide bonds. The summed E-state index contributed by atoms with van der Waals surface area (Å²) in [7, 11) is 0. The molecule has 1 aromatic heterocycles. The van der Waals surface area contributed by atoms with Gasteiger partial charge in [-0.15, -0.1) is 0 Å². The number of imidazole rings is 1. The topological polar surface area (TPSA) is 27.1 Å². The Labute approximate surface area is 156 Å². The van der Waals surface area contributed by atoms with Crippen LogP contribution in [0.2, 0.25) is 10.0 Å². The number of aromatic nitrogens is 2. The second-order valence-electron chi connectivity index (χ2n) is 4.98. The molecule has 3 nitrogen and oxygen atoms in total. The van der Waals surface area contributed by atoms with Crippen molar-refractivity contribution in [2.24, 2.45) is 0 Å². The lowest BCUT2D eigenvalue weighted by Gasteiger charge is -2.19. The summed E-state index contributed by atoms with van der Waals surface area (Å²) in [4.78, 5) is 4.08. The van der Waals surface area contributed by atoms with Crippen LogP contribution in [0.4, 0.5) is 0 Å². The summed E-state index contributed by atoms with van der Waals surface area (Å²) >= 11 is 19.2. The number of unbranched alkanes of at least 4 members (excludes halogenated alkanes) is 1. The van der Waals surface area contributed by atoms with Crippen molar-refractivity contribution >= 4 is 51.6 Å². The predicted octanol–water partition coefficient (Wildman–Crippen LogP) is 5.77. The lowest BCUT2D eigenvalue weighted by atomic mass is 10.1. The Morgan fingerprint density at radius 2 is 2.26 bits per heavy atom. The molecule has 0 radical (unpaired) electrons. The number of thioether (sulfide) groups is 1. The lowest BCUT2D eigenvalue weighted by Crippen LogP contribution is -2.09. The van der Waals surface area contributed by atoms with Crippen LogP contribution >= 0.6 is 47.2 Å². The van der Waals surface area contributed by atoms with Gasteiger partial charge in [-0.25, -0.2) is 4.98 Å². The second-order valence-corrected chi connectivity index (χ2v) is 7.63. The second kappa shape index (κ2) is 9.52. The standard InChI is InChI=1S/C16H18Cl2N2OS2/c1-2-3-8-21-16(22)23-15(10-20-7-6-19-11-20)13-5-4-12(17)9-14(13)18/h4-7,9,11,15H,2-3,8,10H2,1H3. The van der Waals surface area contributed by atoms with E-state index in [0.29, 0.717) is 27.6 Å². The van der Waals surface area contributed by atoms with E-state index in [1.165, 1.54) is 11.8 Å². The Balaban J connectivity index is 2.12. The fourth-order valence-electron chi connectivity index (χ4n) is 2.00. The molecule has 124 valence electrons. The predicted molar refractivity (Wildman–Crippen MR) is 102 cm³/mol. The molecule has 0 saturated carbocycles. The molecule has 2 rings (SSSR count). The third-order valence-electron chi connectivity index (χ3n) is 3.20. The van der Waals surface area contributed by atoms with Crippen molar-refractivity contribution in [3.05, 3.63) is 52.5 Å². The van der Waals surface area contributed by atoms with Crippen molar-refractivity contribution in [1.82, 2.24) is 9.55 Å². The maximum atomic E-state index is 6.37. The summed E-state index contributed by atoms with van der Waals surface area (Å²) in [5.41, 5.74) is 0.983. The van der Waals surface area contributed by atoms with Crippen molar-refractivity contribution in [3.63, 3.8) is 0 Å². The van der Waals surface area contributed by atoms with Crippen molar-refractivity contribution in [1.29, 1.82) is 0 Å². The molecular weight excluding hydrogens is 371 g/mol. The highest BCUT2D eigenvalue weighted by Crippen LogP contribution is 2.37. The van der Waals surface area contributed by atoms with Gasteiger partial charge in [0, 0.05) is 29.0 Å². The van der Waals surface area contributed by atoms with Gasteiger partial charge in [0.05, 0.1) is 18.2 Å². The van der Waals surface area contributed by atoms with Crippen LogP contribution in [0, 0.1) is 0 Å². The van der Waals surface area contributed by atoms with Crippen LogP contribution in [-0.4, -0.2) is 20.5 Å². The van der Waals surface area contributed by atoms with Gasteiger partial charge in [0.2, 0.25) is 4.38 Å². The number of thiocarbonyl (C=S) groups is 1. The van der Waals surface area contributed by atoms with E-state index >= 15 is 0 Å². The minimum absolute atomic E-state index is 0.0306. The smallest absolute Gasteiger partial charge is 0.220 e. The summed E-state index contributed by atoms with van der Waals surface area (Å²) in [5, 5.41) is 1.28. The average Bonchev–Trinajstić information content (AvgIpc) is 3.00. The molecule has 0 N–H and O–H groups in total. The summed E-state index contributed by atoms with van der Waals surface area (Å²) in [6, 6.07) is 5.53. The highest BCUT2D eigenvalue weighted by atomic mass is 35.5. The van der Waals surface area contributed by atoms with Crippen LogP contribution in [0.25, 0.3) is 0 Å². The number of hydrogen-bond donors (Lipinski definition) is 0. The molecular formula is C16H18Cl2N2OS2. The van der Waals surface area contributed by atoms with E-state index in [4.69, 9.17) is 40.2 Å². The summed E-state index contributed by atoms with van der Waals surface area (Å²) in [6.07, 6.45) is 7.52. The van der Waals surface area contributed by atoms with Crippen LogP contribution < -0.4 is 0 Å². The molecule has 1 aromatic carbocycles. The number of benzene rings is 1. The fourth-order valence-corrected chi connectivity index (χ4v) is 4.00. The SMILES string of the molecule is CCCCOC(=S)SC(Cn1ccnc1)c1ccc(Cl)cc1Cl. The molecule has 0 saturated heterocycles. The normalized spacial score (nSPS) is 12.1. The first-order valence-electron chi connectivity index (χ1n) is 7.34. The number of nitrogens with zero attached hydrogens (tertiary/aromatic N) is 2. The van der Waals surface area contributed by atoms with Crippen LogP contribution in [0.1, 0.15) is 30.6 Å². The van der Waals surface area contributed by atoms with Gasteiger partial charge < -0.3 is 9.30 Å². The largest absolute Gasteiger partial charge is 0.479 e. The maximum Gasteiger partial charge on any atom is 0.220 e. The molecule has 0 aliphatic heterocycles. The molecule has 0 aliphatic carbocycles. The van der Waals surface area contributed by atoms with Gasteiger partial charge in [0.15, 0.2) is 0 Å². The molecule has 7 heteroatoms. The first kappa shape index (κ1) is 18.6. The Bertz CT molecular complexity index is 635. The number of hydrogen-bond acceptors (Lipinski definition) is 4. The van der Waals surface area contributed by atoms with Gasteiger partial charge in [-0.2, -0.15) is 0 Å². The van der Waals surface area contributed by atoms with Crippen LogP contribution in [0.15, 0.2) is 36.9 Å². The van der Waals surface area contributed by atoms with E-state index in [1.54, 1.807) is 18.6 Å². The van der Waals surface area contributed by atoms with Crippen LogP contribution in [0.3, 0.4) is 0 Å². The van der Waals surface area contributed by atoms with Gasteiger partial charge >= 0.3 is 0 Å². The highest BCUT2D eigenvalue weighted by Gasteiger charge is 2.19. The molecule has 0 fully saturated rings. The number of rotatable bonds is 7. The van der Waals surface area contributed by atoms with E-state index in [1.807, 2.05) is 22.9 Å². The Morgan fingerprint density at radius 3 is 2.91 bits per heavy atom. The number of halogens is 2. The Kier molecular flexibility index (Phi) is 7.70. The average molecular weight is 389 g/mol. The molecule has 1 heterocycles. The molecule has 0 bridgehead atoms. The third-order valence-corrected chi connectivity index (χ3v) is 5.17. The van der Waals surface area contributed by atoms with Crippen LogP contribution in [-0.2, 0) is 11.3 Å². The summed E-state index contributed by atoms with van der Waals surface area (Å²) in [6.45, 7) is 3.46. The monoisotopic (exact) mass is 388 g/mol. The minimum Gasteiger partial charge on any atom is -0.479 e. The van der Waals surface area contributed by atoms with Gasteiger partial charge in [0.25, 0.3) is 0 Å². The van der Waals surface area contributed by atoms with E-state index in [9.17, 15) is 0 Å². The van der Waals surface area contributed by atoms with E-state index in [2.05, 4.69) is 11.9 Å². The molecule has 1 unspecified atom stereocenters.